The number of sulfone groups is 1. The molecular weight excluding hydrogens is 324 g/mol. The Morgan fingerprint density at radius 1 is 1.04 bits per heavy atom. The lowest BCUT2D eigenvalue weighted by Gasteiger charge is -2.11. The summed E-state index contributed by atoms with van der Waals surface area (Å²) in [6.07, 6.45) is 1.91. The van der Waals surface area contributed by atoms with Crippen molar-refractivity contribution in [1.29, 1.82) is 0 Å². The van der Waals surface area contributed by atoms with Crippen molar-refractivity contribution >= 4 is 21.6 Å². The van der Waals surface area contributed by atoms with Crippen molar-refractivity contribution < 1.29 is 13.2 Å². The van der Waals surface area contributed by atoms with Gasteiger partial charge in [-0.25, -0.2) is 13.2 Å². The lowest BCUT2D eigenvalue weighted by Crippen LogP contribution is -2.30. The van der Waals surface area contributed by atoms with Gasteiger partial charge >= 0.3 is 6.03 Å². The van der Waals surface area contributed by atoms with Gasteiger partial charge in [-0.3, -0.25) is 0 Å². The van der Waals surface area contributed by atoms with E-state index in [0.29, 0.717) is 17.8 Å². The first-order chi connectivity index (χ1) is 11.3. The van der Waals surface area contributed by atoms with E-state index in [0.717, 1.165) is 12.0 Å². The summed E-state index contributed by atoms with van der Waals surface area (Å²) in [4.78, 5) is 12.0. The predicted octanol–water partition coefficient (Wildman–Crippen LogP) is 2.90. The number of urea groups is 1. The summed E-state index contributed by atoms with van der Waals surface area (Å²) < 4.78 is 22.9. The number of hydrogen-bond donors (Lipinski definition) is 2. The number of amides is 2. The van der Waals surface area contributed by atoms with E-state index >= 15 is 0 Å². The first-order valence-electron chi connectivity index (χ1n) is 7.69. The van der Waals surface area contributed by atoms with Crippen LogP contribution in [0.5, 0.6) is 0 Å². The lowest BCUT2D eigenvalue weighted by molar-refractivity contribution is 0.252. The van der Waals surface area contributed by atoms with Crippen LogP contribution in [-0.2, 0) is 22.0 Å². The van der Waals surface area contributed by atoms with E-state index < -0.39 is 9.84 Å². The third-order valence-corrected chi connectivity index (χ3v) is 4.34. The highest BCUT2D eigenvalue weighted by Gasteiger charge is 2.10. The molecule has 24 heavy (non-hydrogen) atoms. The van der Waals surface area contributed by atoms with Gasteiger partial charge in [-0.1, -0.05) is 48.0 Å². The third kappa shape index (κ3) is 6.04. The van der Waals surface area contributed by atoms with Crippen LogP contribution < -0.4 is 10.6 Å². The van der Waals surface area contributed by atoms with E-state index in [1.807, 2.05) is 31.2 Å². The van der Waals surface area contributed by atoms with Crippen molar-refractivity contribution in [3.63, 3.8) is 0 Å². The van der Waals surface area contributed by atoms with Crippen LogP contribution in [0.15, 0.2) is 48.5 Å². The van der Waals surface area contributed by atoms with Crippen LogP contribution in [0.2, 0.25) is 0 Å². The highest BCUT2D eigenvalue weighted by Crippen LogP contribution is 2.17. The van der Waals surface area contributed by atoms with Gasteiger partial charge in [0.2, 0.25) is 0 Å². The number of aryl methyl sites for hydroxylation is 1. The van der Waals surface area contributed by atoms with Crippen LogP contribution >= 0.6 is 0 Å². The molecule has 2 amide bonds. The monoisotopic (exact) mass is 346 g/mol. The van der Waals surface area contributed by atoms with Crippen LogP contribution in [0.25, 0.3) is 0 Å². The second-order valence-electron chi connectivity index (χ2n) is 5.84. The predicted molar refractivity (Wildman–Crippen MR) is 96.9 cm³/mol. The number of anilines is 1. The van der Waals surface area contributed by atoms with E-state index in [4.69, 9.17) is 0 Å². The van der Waals surface area contributed by atoms with Gasteiger partial charge < -0.3 is 10.6 Å². The molecule has 0 aliphatic heterocycles. The minimum absolute atomic E-state index is 0.104. The number of para-hydroxylation sites is 1. The van der Waals surface area contributed by atoms with Gasteiger partial charge in [-0.2, -0.15) is 0 Å². The van der Waals surface area contributed by atoms with Crippen LogP contribution in [0, 0.1) is 6.92 Å². The first kappa shape index (κ1) is 18.0. The van der Waals surface area contributed by atoms with Crippen molar-refractivity contribution in [3.05, 3.63) is 65.2 Å². The topological polar surface area (TPSA) is 75.3 Å². The van der Waals surface area contributed by atoms with Crippen molar-refractivity contribution in [2.45, 2.75) is 19.1 Å². The highest BCUT2D eigenvalue weighted by atomic mass is 32.2. The molecule has 0 radical (unpaired) electrons. The average Bonchev–Trinajstić information content (AvgIpc) is 2.50. The highest BCUT2D eigenvalue weighted by molar-refractivity contribution is 7.89. The van der Waals surface area contributed by atoms with E-state index in [9.17, 15) is 13.2 Å². The normalized spacial score (nSPS) is 11.1. The van der Waals surface area contributed by atoms with Gasteiger partial charge in [0.15, 0.2) is 9.84 Å². The van der Waals surface area contributed by atoms with Crippen LogP contribution in [0.4, 0.5) is 10.5 Å². The first-order valence-corrected chi connectivity index (χ1v) is 9.75. The lowest BCUT2D eigenvalue weighted by atomic mass is 10.1. The second kappa shape index (κ2) is 7.97. The molecule has 0 aliphatic rings. The molecule has 2 N–H and O–H groups in total. The summed E-state index contributed by atoms with van der Waals surface area (Å²) in [5.41, 5.74) is 3.44. The van der Waals surface area contributed by atoms with E-state index in [2.05, 4.69) is 10.6 Å². The third-order valence-electron chi connectivity index (χ3n) is 3.50. The zero-order valence-corrected chi connectivity index (χ0v) is 14.7. The van der Waals surface area contributed by atoms with Crippen molar-refractivity contribution in [3.8, 4) is 0 Å². The van der Waals surface area contributed by atoms with Gasteiger partial charge in [-0.05, 0) is 30.5 Å². The molecule has 0 heterocycles. The Morgan fingerprint density at radius 3 is 2.38 bits per heavy atom. The molecule has 0 atom stereocenters. The Hall–Kier alpha value is -2.34. The Morgan fingerprint density at radius 2 is 1.71 bits per heavy atom. The Labute approximate surface area is 143 Å². The summed E-state index contributed by atoms with van der Waals surface area (Å²) in [5, 5.41) is 5.50. The van der Waals surface area contributed by atoms with Crippen LogP contribution in [-0.4, -0.2) is 27.2 Å². The quantitative estimate of drug-likeness (QED) is 0.844. The largest absolute Gasteiger partial charge is 0.338 e. The maximum Gasteiger partial charge on any atom is 0.319 e. The van der Waals surface area contributed by atoms with E-state index in [1.165, 1.54) is 11.8 Å². The fourth-order valence-electron chi connectivity index (χ4n) is 2.29. The zero-order chi connectivity index (χ0) is 17.6. The molecular formula is C18H22N2O3S. The molecule has 2 aromatic carbocycles. The molecule has 0 bridgehead atoms. The molecule has 0 unspecified atom stereocenters. The summed E-state index contributed by atoms with van der Waals surface area (Å²) in [6, 6.07) is 14.7. The average molecular weight is 346 g/mol. The Bertz CT molecular complexity index is 799. The van der Waals surface area contributed by atoms with Crippen LogP contribution in [0.1, 0.15) is 16.7 Å². The number of carbonyl (C=O) groups excluding carboxylic acids is 1. The van der Waals surface area contributed by atoms with E-state index in [1.54, 1.807) is 24.3 Å². The Balaban J connectivity index is 1.89. The standard InChI is InChI=1S/C18H22N2O3S/c1-14-7-9-15(10-8-14)11-12-19-18(21)20-17-6-4-3-5-16(17)13-24(2,22)23/h3-10H,11-13H2,1-2H3,(H2,19,20,21). The fourth-order valence-corrected chi connectivity index (χ4v) is 3.11. The van der Waals surface area contributed by atoms with Crippen LogP contribution in [0.3, 0.4) is 0 Å². The zero-order valence-electron chi connectivity index (χ0n) is 13.9. The molecule has 5 nitrogen and oxygen atoms in total. The smallest absolute Gasteiger partial charge is 0.319 e. The van der Waals surface area contributed by atoms with Crippen molar-refractivity contribution in [2.24, 2.45) is 0 Å². The molecule has 0 fully saturated rings. The molecule has 2 aromatic rings. The second-order valence-corrected chi connectivity index (χ2v) is 7.98. The van der Waals surface area contributed by atoms with Gasteiger partial charge in [0, 0.05) is 18.5 Å². The van der Waals surface area contributed by atoms with E-state index in [-0.39, 0.29) is 11.8 Å². The minimum atomic E-state index is -3.16. The summed E-state index contributed by atoms with van der Waals surface area (Å²) >= 11 is 0. The molecule has 0 aromatic heterocycles. The summed E-state index contributed by atoms with van der Waals surface area (Å²) in [7, 11) is -3.16. The molecule has 128 valence electrons. The molecule has 2 rings (SSSR count). The maximum atomic E-state index is 12.0. The van der Waals surface area contributed by atoms with Gasteiger partial charge in [-0.15, -0.1) is 0 Å². The number of hydrogen-bond acceptors (Lipinski definition) is 3. The summed E-state index contributed by atoms with van der Waals surface area (Å²) in [5.74, 6) is -0.104. The molecule has 0 saturated heterocycles. The summed E-state index contributed by atoms with van der Waals surface area (Å²) in [6.45, 7) is 2.53. The number of rotatable bonds is 6. The molecule has 0 saturated carbocycles. The van der Waals surface area contributed by atoms with Crippen molar-refractivity contribution in [2.75, 3.05) is 18.1 Å². The van der Waals surface area contributed by atoms with Gasteiger partial charge in [0.05, 0.1) is 5.75 Å². The SMILES string of the molecule is Cc1ccc(CCNC(=O)Nc2ccccc2CS(C)(=O)=O)cc1. The number of carbonyl (C=O) groups is 1. The van der Waals surface area contributed by atoms with Gasteiger partial charge in [0.25, 0.3) is 0 Å². The van der Waals surface area contributed by atoms with Gasteiger partial charge in [0.1, 0.15) is 0 Å². The Kier molecular flexibility index (Phi) is 5.98. The number of nitrogens with one attached hydrogen (secondary N) is 2. The maximum absolute atomic E-state index is 12.0. The molecule has 6 heteroatoms. The fraction of sp³-hybridized carbons (Fsp3) is 0.278. The van der Waals surface area contributed by atoms with Crippen molar-refractivity contribution in [1.82, 2.24) is 5.32 Å². The molecule has 0 aliphatic carbocycles. The minimum Gasteiger partial charge on any atom is -0.338 e. The number of benzene rings is 2. The molecule has 0 spiro atoms.